The van der Waals surface area contributed by atoms with Gasteiger partial charge in [0.2, 0.25) is 0 Å². The Balaban J connectivity index is 2.04. The van der Waals surface area contributed by atoms with Crippen LogP contribution in [-0.4, -0.2) is 9.97 Å². The van der Waals surface area contributed by atoms with Gasteiger partial charge in [-0.3, -0.25) is 0 Å². The third kappa shape index (κ3) is 2.11. The minimum atomic E-state index is -0.591. The topological polar surface area (TPSA) is 58.8 Å². The molecule has 0 atom stereocenters. The molecule has 0 aliphatic carbocycles. The number of fused-ring (bicyclic) bond motifs is 1. The van der Waals surface area contributed by atoms with E-state index in [1.165, 1.54) is 29.5 Å². The lowest BCUT2D eigenvalue weighted by Gasteiger charge is -2.04. The average molecular weight is 271 g/mol. The first-order valence-corrected chi connectivity index (χ1v) is 6.17. The van der Waals surface area contributed by atoms with Crippen LogP contribution in [0.3, 0.4) is 0 Å². The standard InChI is InChI=1S/C13H6FN3OS/c14-9-4-1-3-8(7-15)11(9)18-13-17-10-5-2-6-16-12(10)19-13/h1-6H. The number of para-hydroxylation sites is 1. The van der Waals surface area contributed by atoms with Gasteiger partial charge in [-0.25, -0.2) is 14.4 Å². The lowest BCUT2D eigenvalue weighted by atomic mass is 10.2. The number of aromatic nitrogens is 2. The highest BCUT2D eigenvalue weighted by Crippen LogP contribution is 2.32. The summed E-state index contributed by atoms with van der Waals surface area (Å²) in [5.41, 5.74) is 0.810. The van der Waals surface area contributed by atoms with Gasteiger partial charge < -0.3 is 4.74 Å². The summed E-state index contributed by atoms with van der Waals surface area (Å²) in [6.45, 7) is 0. The van der Waals surface area contributed by atoms with Gasteiger partial charge >= 0.3 is 0 Å². The molecule has 0 aliphatic heterocycles. The molecule has 0 aliphatic rings. The van der Waals surface area contributed by atoms with Crippen molar-refractivity contribution in [3.05, 3.63) is 47.9 Å². The van der Waals surface area contributed by atoms with Crippen molar-refractivity contribution in [1.82, 2.24) is 9.97 Å². The summed E-state index contributed by atoms with van der Waals surface area (Å²) in [7, 11) is 0. The van der Waals surface area contributed by atoms with Crippen LogP contribution in [0.1, 0.15) is 5.56 Å². The highest BCUT2D eigenvalue weighted by molar-refractivity contribution is 7.19. The number of hydrogen-bond acceptors (Lipinski definition) is 5. The zero-order valence-electron chi connectivity index (χ0n) is 9.50. The Bertz CT molecular complexity index is 761. The summed E-state index contributed by atoms with van der Waals surface area (Å²) in [4.78, 5) is 9.01. The quantitative estimate of drug-likeness (QED) is 0.715. The van der Waals surface area contributed by atoms with Crippen molar-refractivity contribution in [3.8, 4) is 17.0 Å². The Hall–Kier alpha value is -2.52. The Morgan fingerprint density at radius 3 is 2.95 bits per heavy atom. The third-order valence-corrected chi connectivity index (χ3v) is 3.28. The molecule has 0 unspecified atom stereocenters. The van der Waals surface area contributed by atoms with Gasteiger partial charge in [-0.1, -0.05) is 17.4 Å². The smallest absolute Gasteiger partial charge is 0.281 e. The van der Waals surface area contributed by atoms with Gasteiger partial charge in [0.15, 0.2) is 11.6 Å². The minimum absolute atomic E-state index is 0.107. The molecule has 0 radical (unpaired) electrons. The molecule has 6 heteroatoms. The fourth-order valence-electron chi connectivity index (χ4n) is 1.58. The van der Waals surface area contributed by atoms with Crippen LogP contribution in [0.2, 0.25) is 0 Å². The van der Waals surface area contributed by atoms with Gasteiger partial charge in [0.1, 0.15) is 16.4 Å². The van der Waals surface area contributed by atoms with Crippen LogP contribution >= 0.6 is 11.3 Å². The van der Waals surface area contributed by atoms with E-state index in [0.29, 0.717) is 10.3 Å². The van der Waals surface area contributed by atoms with Gasteiger partial charge in [0, 0.05) is 6.20 Å². The zero-order chi connectivity index (χ0) is 13.2. The first-order valence-electron chi connectivity index (χ1n) is 5.36. The number of nitriles is 1. The summed E-state index contributed by atoms with van der Waals surface area (Å²) in [6.07, 6.45) is 1.65. The van der Waals surface area contributed by atoms with Crippen LogP contribution in [0.5, 0.6) is 10.9 Å². The van der Waals surface area contributed by atoms with Crippen LogP contribution in [-0.2, 0) is 0 Å². The number of rotatable bonds is 2. The second-order valence-electron chi connectivity index (χ2n) is 3.64. The molecule has 92 valence electrons. The van der Waals surface area contributed by atoms with Crippen molar-refractivity contribution in [2.75, 3.05) is 0 Å². The number of pyridine rings is 1. The normalized spacial score (nSPS) is 10.3. The van der Waals surface area contributed by atoms with E-state index in [1.807, 2.05) is 6.07 Å². The number of nitrogens with zero attached hydrogens (tertiary/aromatic N) is 3. The summed E-state index contributed by atoms with van der Waals surface area (Å²) in [6, 6.07) is 9.62. The molecule has 19 heavy (non-hydrogen) atoms. The fourth-order valence-corrected chi connectivity index (χ4v) is 2.35. The van der Waals surface area contributed by atoms with Gasteiger partial charge in [-0.15, -0.1) is 0 Å². The number of ether oxygens (including phenoxy) is 1. The second-order valence-corrected chi connectivity index (χ2v) is 4.58. The molecule has 0 saturated heterocycles. The lowest BCUT2D eigenvalue weighted by molar-refractivity contribution is 0.439. The van der Waals surface area contributed by atoms with E-state index in [-0.39, 0.29) is 16.5 Å². The molecule has 3 rings (SSSR count). The Labute approximate surface area is 111 Å². The van der Waals surface area contributed by atoms with Gasteiger partial charge in [0.25, 0.3) is 5.19 Å². The first kappa shape index (κ1) is 11.6. The largest absolute Gasteiger partial charge is 0.426 e. The molecule has 0 saturated carbocycles. The maximum atomic E-state index is 13.7. The average Bonchev–Trinajstić information content (AvgIpc) is 2.83. The van der Waals surface area contributed by atoms with Crippen molar-refractivity contribution < 1.29 is 9.13 Å². The molecule has 1 aromatic carbocycles. The predicted molar refractivity (Wildman–Crippen MR) is 68.6 cm³/mol. The summed E-state index contributed by atoms with van der Waals surface area (Å²) in [5.74, 6) is -0.699. The van der Waals surface area contributed by atoms with Crippen molar-refractivity contribution in [2.45, 2.75) is 0 Å². The highest BCUT2D eigenvalue weighted by atomic mass is 32.1. The molecule has 0 amide bonds. The van der Waals surface area contributed by atoms with Crippen LogP contribution < -0.4 is 4.74 Å². The molecule has 4 nitrogen and oxygen atoms in total. The van der Waals surface area contributed by atoms with Crippen molar-refractivity contribution in [2.24, 2.45) is 0 Å². The Morgan fingerprint density at radius 2 is 2.16 bits per heavy atom. The third-order valence-electron chi connectivity index (χ3n) is 2.42. The number of benzene rings is 1. The van der Waals surface area contributed by atoms with Gasteiger partial charge in [-0.2, -0.15) is 5.26 Å². The van der Waals surface area contributed by atoms with Crippen LogP contribution in [0.15, 0.2) is 36.5 Å². The monoisotopic (exact) mass is 271 g/mol. The van der Waals surface area contributed by atoms with Gasteiger partial charge in [0.05, 0.1) is 5.56 Å². The first-order chi connectivity index (χ1) is 9.28. The number of thiazole rings is 1. The van der Waals surface area contributed by atoms with E-state index in [4.69, 9.17) is 10.00 Å². The molecule has 0 fully saturated rings. The van der Waals surface area contributed by atoms with Crippen molar-refractivity contribution >= 4 is 21.7 Å². The van der Waals surface area contributed by atoms with Crippen LogP contribution in [0, 0.1) is 17.1 Å². The van der Waals surface area contributed by atoms with Gasteiger partial charge in [-0.05, 0) is 24.3 Å². The van der Waals surface area contributed by atoms with E-state index in [2.05, 4.69) is 9.97 Å². The lowest BCUT2D eigenvalue weighted by Crippen LogP contribution is -1.91. The van der Waals surface area contributed by atoms with Crippen LogP contribution in [0.4, 0.5) is 4.39 Å². The minimum Gasteiger partial charge on any atom is -0.426 e. The maximum absolute atomic E-state index is 13.7. The molecule has 0 N–H and O–H groups in total. The van der Waals surface area contributed by atoms with E-state index in [1.54, 1.807) is 18.3 Å². The Kier molecular flexibility index (Phi) is 2.82. The zero-order valence-corrected chi connectivity index (χ0v) is 10.3. The molecule has 0 spiro atoms. The molecular formula is C13H6FN3OS. The summed E-state index contributed by atoms with van der Waals surface area (Å²) < 4.78 is 19.0. The molecule has 3 aromatic rings. The van der Waals surface area contributed by atoms with E-state index < -0.39 is 5.82 Å². The summed E-state index contributed by atoms with van der Waals surface area (Å²) in [5, 5.41) is 9.19. The molecule has 2 heterocycles. The maximum Gasteiger partial charge on any atom is 0.281 e. The highest BCUT2D eigenvalue weighted by Gasteiger charge is 2.13. The van der Waals surface area contributed by atoms with Crippen molar-refractivity contribution in [1.29, 1.82) is 5.26 Å². The number of halogens is 1. The molecule has 2 aromatic heterocycles. The summed E-state index contributed by atoms with van der Waals surface area (Å²) >= 11 is 1.20. The second kappa shape index (κ2) is 4.63. The van der Waals surface area contributed by atoms with Crippen LogP contribution in [0.25, 0.3) is 10.3 Å². The fraction of sp³-hybridized carbons (Fsp3) is 0. The van der Waals surface area contributed by atoms with Crippen molar-refractivity contribution in [3.63, 3.8) is 0 Å². The predicted octanol–water partition coefficient (Wildman–Crippen LogP) is 3.49. The Morgan fingerprint density at radius 1 is 1.26 bits per heavy atom. The SMILES string of the molecule is N#Cc1cccc(F)c1Oc1nc2cccnc2s1. The number of hydrogen-bond donors (Lipinski definition) is 0. The van der Waals surface area contributed by atoms with E-state index >= 15 is 0 Å². The molecular weight excluding hydrogens is 265 g/mol. The van der Waals surface area contributed by atoms with E-state index in [0.717, 1.165) is 0 Å². The molecule has 0 bridgehead atoms. The van der Waals surface area contributed by atoms with E-state index in [9.17, 15) is 4.39 Å².